The van der Waals surface area contributed by atoms with Gasteiger partial charge in [-0.1, -0.05) is 11.6 Å². The lowest BCUT2D eigenvalue weighted by Crippen LogP contribution is -2.25. The smallest absolute Gasteiger partial charge is 0.418 e. The van der Waals surface area contributed by atoms with E-state index in [4.69, 9.17) is 16.3 Å². The summed E-state index contributed by atoms with van der Waals surface area (Å²) in [7, 11) is 0. The van der Waals surface area contributed by atoms with Gasteiger partial charge >= 0.3 is 12.1 Å². The summed E-state index contributed by atoms with van der Waals surface area (Å²) in [6.07, 6.45) is -4.95. The van der Waals surface area contributed by atoms with Crippen LogP contribution in [0.3, 0.4) is 0 Å². The van der Waals surface area contributed by atoms with Gasteiger partial charge < -0.3 is 14.8 Å². The number of rotatable bonds is 7. The number of hydrogen-bond donors (Lipinski definition) is 1. The molecule has 0 bridgehead atoms. The van der Waals surface area contributed by atoms with Gasteiger partial charge in [0.25, 0.3) is 11.6 Å². The summed E-state index contributed by atoms with van der Waals surface area (Å²) in [5.74, 6) is -1.67. The Morgan fingerprint density at radius 2 is 1.87 bits per heavy atom. The second kappa shape index (κ2) is 9.44. The molecule has 2 aromatic rings. The van der Waals surface area contributed by atoms with E-state index in [1.807, 2.05) is 5.32 Å². The Bertz CT molecular complexity index is 981. The lowest BCUT2D eigenvalue weighted by atomic mass is 10.1. The average molecular weight is 447 g/mol. The number of halogens is 4. The quantitative estimate of drug-likeness (QED) is 0.389. The van der Waals surface area contributed by atoms with Gasteiger partial charge in [0.1, 0.15) is 5.75 Å². The van der Waals surface area contributed by atoms with Crippen LogP contribution in [0.25, 0.3) is 0 Å². The maximum atomic E-state index is 13.1. The van der Waals surface area contributed by atoms with E-state index in [-0.39, 0.29) is 0 Å². The summed E-state index contributed by atoms with van der Waals surface area (Å²) < 4.78 is 49.1. The van der Waals surface area contributed by atoms with Crippen LogP contribution in [0.4, 0.5) is 24.5 Å². The van der Waals surface area contributed by atoms with Crippen molar-refractivity contribution < 1.29 is 37.2 Å². The van der Waals surface area contributed by atoms with Crippen LogP contribution < -0.4 is 10.1 Å². The Kier molecular flexibility index (Phi) is 7.22. The van der Waals surface area contributed by atoms with Crippen molar-refractivity contribution in [2.24, 2.45) is 0 Å². The molecular weight excluding hydrogens is 433 g/mol. The maximum Gasteiger partial charge on any atom is 0.418 e. The fraction of sp³-hybridized carbons (Fsp3) is 0.222. The number of benzene rings is 2. The second-order valence-electron chi connectivity index (χ2n) is 5.89. The minimum Gasteiger partial charge on any atom is -0.482 e. The van der Waals surface area contributed by atoms with E-state index in [0.717, 1.165) is 12.1 Å². The van der Waals surface area contributed by atoms with Crippen molar-refractivity contribution in [1.82, 2.24) is 0 Å². The summed E-state index contributed by atoms with van der Waals surface area (Å²) >= 11 is 5.86. The van der Waals surface area contributed by atoms with Gasteiger partial charge in [-0.3, -0.25) is 14.9 Å². The highest BCUT2D eigenvalue weighted by molar-refractivity contribution is 6.31. The number of carbonyl (C=O) groups is 2. The molecule has 12 heteroatoms. The number of nitrogens with zero attached hydrogens (tertiary/aromatic N) is 1. The third-order valence-corrected chi connectivity index (χ3v) is 4.07. The van der Waals surface area contributed by atoms with E-state index in [0.29, 0.717) is 22.4 Å². The Morgan fingerprint density at radius 3 is 2.47 bits per heavy atom. The van der Waals surface area contributed by atoms with Crippen molar-refractivity contribution >= 4 is 34.9 Å². The molecule has 1 amide bonds. The molecule has 0 saturated carbocycles. The summed E-state index contributed by atoms with van der Waals surface area (Å²) in [5.41, 5.74) is -2.19. The minimum absolute atomic E-state index is 0.295. The van der Waals surface area contributed by atoms with Gasteiger partial charge in [-0.05, 0) is 36.8 Å². The molecule has 0 radical (unpaired) electrons. The monoisotopic (exact) mass is 446 g/mol. The van der Waals surface area contributed by atoms with Gasteiger partial charge in [-0.15, -0.1) is 0 Å². The van der Waals surface area contributed by atoms with Gasteiger partial charge in [0.05, 0.1) is 16.2 Å². The predicted molar refractivity (Wildman–Crippen MR) is 99.4 cm³/mol. The van der Waals surface area contributed by atoms with E-state index in [9.17, 15) is 32.9 Å². The molecule has 0 aromatic heterocycles. The lowest BCUT2D eigenvalue weighted by molar-refractivity contribution is -0.385. The molecule has 1 N–H and O–H groups in total. The first kappa shape index (κ1) is 22.9. The summed E-state index contributed by atoms with van der Waals surface area (Å²) in [6, 6.07) is 6.50. The first-order valence-corrected chi connectivity index (χ1v) is 8.55. The third kappa shape index (κ3) is 6.34. The Morgan fingerprint density at radius 1 is 1.17 bits per heavy atom. The standard InChI is InChI=1S/C18H14ClF3N2O6/c1-10-6-12(3-4-14(10)19)29-9-17(26)30-8-16(25)23-15-5-2-11(24(27)28)7-13(15)18(20,21)22/h2-7H,8-9H2,1H3,(H,23,25). The predicted octanol–water partition coefficient (Wildman–Crippen LogP) is 4.14. The van der Waals surface area contributed by atoms with Crippen molar-refractivity contribution in [3.63, 3.8) is 0 Å². The molecule has 0 fully saturated rings. The van der Waals surface area contributed by atoms with Crippen LogP contribution in [0.2, 0.25) is 5.02 Å². The maximum absolute atomic E-state index is 13.1. The second-order valence-corrected chi connectivity index (χ2v) is 6.30. The molecule has 0 aliphatic carbocycles. The van der Waals surface area contributed by atoms with Gasteiger partial charge in [0.2, 0.25) is 0 Å². The van der Waals surface area contributed by atoms with E-state index in [1.165, 1.54) is 6.07 Å². The summed E-state index contributed by atoms with van der Waals surface area (Å²) in [5, 5.41) is 13.1. The number of non-ortho nitro benzene ring substituents is 1. The molecule has 0 saturated heterocycles. The fourth-order valence-electron chi connectivity index (χ4n) is 2.21. The highest BCUT2D eigenvalue weighted by Gasteiger charge is 2.35. The molecular formula is C18H14ClF3N2O6. The first-order chi connectivity index (χ1) is 14.0. The van der Waals surface area contributed by atoms with E-state index >= 15 is 0 Å². The number of alkyl halides is 3. The molecule has 0 aliphatic rings. The Hall–Kier alpha value is -3.34. The topological polar surface area (TPSA) is 108 Å². The average Bonchev–Trinajstić information content (AvgIpc) is 2.66. The van der Waals surface area contributed by atoms with Crippen molar-refractivity contribution in [2.75, 3.05) is 18.5 Å². The number of hydrogen-bond acceptors (Lipinski definition) is 6. The highest BCUT2D eigenvalue weighted by atomic mass is 35.5. The highest BCUT2D eigenvalue weighted by Crippen LogP contribution is 2.37. The van der Waals surface area contributed by atoms with Gasteiger partial charge in [-0.2, -0.15) is 13.2 Å². The van der Waals surface area contributed by atoms with Gasteiger partial charge in [-0.25, -0.2) is 4.79 Å². The van der Waals surface area contributed by atoms with E-state index in [2.05, 4.69) is 4.74 Å². The number of nitrogens with one attached hydrogen (secondary N) is 1. The van der Waals surface area contributed by atoms with E-state index in [1.54, 1.807) is 19.1 Å². The van der Waals surface area contributed by atoms with Crippen molar-refractivity contribution in [3.05, 3.63) is 62.7 Å². The van der Waals surface area contributed by atoms with Crippen LogP contribution >= 0.6 is 11.6 Å². The molecule has 0 atom stereocenters. The molecule has 0 aliphatic heterocycles. The lowest BCUT2D eigenvalue weighted by Gasteiger charge is -2.13. The first-order valence-electron chi connectivity index (χ1n) is 8.17. The van der Waals surface area contributed by atoms with Crippen LogP contribution in [0.15, 0.2) is 36.4 Å². The third-order valence-electron chi connectivity index (χ3n) is 3.64. The van der Waals surface area contributed by atoms with E-state index < -0.39 is 53.1 Å². The number of esters is 1. The molecule has 0 spiro atoms. The largest absolute Gasteiger partial charge is 0.482 e. The summed E-state index contributed by atoms with van der Waals surface area (Å²) in [4.78, 5) is 33.2. The Balaban J connectivity index is 1.93. The molecule has 160 valence electrons. The van der Waals surface area contributed by atoms with Crippen molar-refractivity contribution in [2.45, 2.75) is 13.1 Å². The van der Waals surface area contributed by atoms with Gasteiger partial charge in [0, 0.05) is 17.2 Å². The number of carbonyl (C=O) groups excluding carboxylic acids is 2. The van der Waals surface area contributed by atoms with Crippen molar-refractivity contribution in [1.29, 1.82) is 0 Å². The number of ether oxygens (including phenoxy) is 2. The van der Waals surface area contributed by atoms with Crippen LogP contribution in [-0.2, 0) is 20.5 Å². The number of amides is 1. The molecule has 2 aromatic carbocycles. The molecule has 30 heavy (non-hydrogen) atoms. The van der Waals surface area contributed by atoms with Crippen LogP contribution in [-0.4, -0.2) is 30.0 Å². The number of aryl methyl sites for hydroxylation is 1. The molecule has 8 nitrogen and oxygen atoms in total. The fourth-order valence-corrected chi connectivity index (χ4v) is 2.33. The number of anilines is 1. The molecule has 2 rings (SSSR count). The molecule has 0 heterocycles. The zero-order valence-corrected chi connectivity index (χ0v) is 16.0. The normalized spacial score (nSPS) is 11.0. The van der Waals surface area contributed by atoms with Crippen LogP contribution in [0.1, 0.15) is 11.1 Å². The van der Waals surface area contributed by atoms with Crippen LogP contribution in [0, 0.1) is 17.0 Å². The number of nitro groups is 1. The van der Waals surface area contributed by atoms with Crippen molar-refractivity contribution in [3.8, 4) is 5.75 Å². The Labute approximate surface area is 172 Å². The molecule has 0 unspecified atom stereocenters. The van der Waals surface area contributed by atoms with Crippen LogP contribution in [0.5, 0.6) is 5.75 Å². The zero-order valence-electron chi connectivity index (χ0n) is 15.3. The minimum atomic E-state index is -4.95. The number of nitro benzene ring substituents is 1. The SMILES string of the molecule is Cc1cc(OCC(=O)OCC(=O)Nc2ccc([N+](=O)[O-])cc2C(F)(F)F)ccc1Cl. The zero-order chi connectivity index (χ0) is 22.5. The van der Waals surface area contributed by atoms with Gasteiger partial charge in [0.15, 0.2) is 13.2 Å². The summed E-state index contributed by atoms with van der Waals surface area (Å²) in [6.45, 7) is 0.307.